The van der Waals surface area contributed by atoms with Gasteiger partial charge in [0, 0.05) is 0 Å². The van der Waals surface area contributed by atoms with Gasteiger partial charge in [-0.05, 0) is 0 Å². The van der Waals surface area contributed by atoms with Crippen LogP contribution in [0.3, 0.4) is 0 Å². The van der Waals surface area contributed by atoms with E-state index in [0.29, 0.717) is 0 Å². The summed E-state index contributed by atoms with van der Waals surface area (Å²) in [5, 5.41) is 18.7. The zero-order chi connectivity index (χ0) is 33.3. The Morgan fingerprint density at radius 2 is 0.523 bits per heavy atom. The number of nitrogens with two attached hydrogens (primary N) is 2. The molecule has 0 heterocycles. The number of hydrogen-bond donors (Lipinski definition) is 4. The highest BCUT2D eigenvalue weighted by Crippen LogP contribution is 2.46. The smallest absolute Gasteiger partial charge is 0.212 e. The van der Waals surface area contributed by atoms with E-state index in [0.717, 1.165) is 0 Å². The maximum Gasteiger partial charge on any atom is 0.212 e. The topological polar surface area (TPSA) is 111 Å². The third kappa shape index (κ3) is 4.43. The van der Waals surface area contributed by atoms with Crippen LogP contribution in [0, 0.1) is 81.4 Å². The van der Waals surface area contributed by atoms with E-state index >= 15 is 0 Å². The van der Waals surface area contributed by atoms with Gasteiger partial charge in [0.15, 0.2) is 46.4 Å². The molecule has 0 saturated heterocycles. The minimum Gasteiger partial charge on any atom is -0.503 e. The van der Waals surface area contributed by atoms with Gasteiger partial charge in [-0.25, -0.2) is 26.3 Å². The number of ether oxygens (including phenoxy) is 2. The molecule has 4 aromatic rings. The average molecular weight is 652 g/mol. The van der Waals surface area contributed by atoms with Crippen LogP contribution in [0.4, 0.5) is 72.8 Å². The van der Waals surface area contributed by atoms with E-state index in [-0.39, 0.29) is 0 Å². The Labute approximate surface area is 231 Å². The predicted octanol–water partition coefficient (Wildman–Crippen LogP) is 7.46. The van der Waals surface area contributed by atoms with E-state index in [1.54, 1.807) is 0 Å². The van der Waals surface area contributed by atoms with Gasteiger partial charge in [0.1, 0.15) is 11.4 Å². The van der Waals surface area contributed by atoms with E-state index in [2.05, 4.69) is 9.47 Å². The Kier molecular flexibility index (Phi) is 7.73. The van der Waals surface area contributed by atoms with Crippen LogP contribution in [0.25, 0.3) is 11.1 Å². The van der Waals surface area contributed by atoms with Crippen LogP contribution in [0.15, 0.2) is 0 Å². The number of phenols is 2. The van der Waals surface area contributed by atoms with E-state index in [1.165, 1.54) is 0 Å². The van der Waals surface area contributed by atoms with Gasteiger partial charge in [0.25, 0.3) is 0 Å². The molecule has 0 aliphatic heterocycles. The number of hydrogen-bond acceptors (Lipinski definition) is 6. The first-order valence-electron chi connectivity index (χ1n) is 10.7. The summed E-state index contributed by atoms with van der Waals surface area (Å²) in [6, 6.07) is 0. The molecule has 4 rings (SSSR count). The number of anilines is 2. The Bertz CT molecular complexity index is 1670. The monoisotopic (exact) mass is 652 g/mol. The molecule has 6 N–H and O–H groups in total. The predicted molar refractivity (Wildman–Crippen MR) is 116 cm³/mol. The van der Waals surface area contributed by atoms with Crippen LogP contribution in [-0.2, 0) is 0 Å². The number of phenolic OH excluding ortho intramolecular Hbond substituents is 2. The first-order chi connectivity index (χ1) is 20.4. The molecule has 0 aliphatic rings. The summed E-state index contributed by atoms with van der Waals surface area (Å²) in [7, 11) is 0. The zero-order valence-electron chi connectivity index (χ0n) is 20.2. The first-order valence-corrected chi connectivity index (χ1v) is 10.7. The SMILES string of the molecule is Nc1c(O)c(F)c(Oc2c(F)c(F)c(-c3c(F)c(F)c(Oc4c(F)c(O)c(N)c(F)c4F)c(F)c3F)c(F)c2F)c(F)c1F. The third-order valence-electron chi connectivity index (χ3n) is 5.69. The van der Waals surface area contributed by atoms with Crippen molar-refractivity contribution < 1.29 is 81.2 Å². The van der Waals surface area contributed by atoms with Gasteiger partial charge in [-0.3, -0.25) is 0 Å². The molecule has 0 bridgehead atoms. The van der Waals surface area contributed by atoms with Crippen LogP contribution in [0.1, 0.15) is 0 Å². The second-order valence-corrected chi connectivity index (χ2v) is 8.19. The van der Waals surface area contributed by atoms with E-state index in [9.17, 15) is 71.7 Å². The summed E-state index contributed by atoms with van der Waals surface area (Å²) in [4.78, 5) is 0. The van der Waals surface area contributed by atoms with Gasteiger partial charge in [0.2, 0.25) is 69.5 Å². The Balaban J connectivity index is 1.92. The number of benzene rings is 4. The third-order valence-corrected chi connectivity index (χ3v) is 5.69. The highest BCUT2D eigenvalue weighted by molar-refractivity contribution is 5.70. The Morgan fingerprint density at radius 3 is 0.773 bits per heavy atom. The summed E-state index contributed by atoms with van der Waals surface area (Å²) in [6.45, 7) is 0. The number of halogens is 14. The van der Waals surface area contributed by atoms with Crippen molar-refractivity contribution in [2.75, 3.05) is 11.5 Å². The number of aromatic hydroxyl groups is 2. The summed E-state index contributed by atoms with van der Waals surface area (Å²) >= 11 is 0. The van der Waals surface area contributed by atoms with Gasteiger partial charge in [-0.1, -0.05) is 0 Å². The summed E-state index contributed by atoms with van der Waals surface area (Å²) in [6.07, 6.45) is 0. The van der Waals surface area contributed by atoms with Gasteiger partial charge < -0.3 is 31.2 Å². The van der Waals surface area contributed by atoms with Crippen molar-refractivity contribution in [2.45, 2.75) is 0 Å². The Hall–Kier alpha value is -5.30. The lowest BCUT2D eigenvalue weighted by atomic mass is 10.0. The van der Waals surface area contributed by atoms with E-state index in [1.807, 2.05) is 0 Å². The van der Waals surface area contributed by atoms with Gasteiger partial charge in [-0.15, -0.1) is 0 Å². The quantitative estimate of drug-likeness (QED) is 0.0772. The van der Waals surface area contributed by atoms with Gasteiger partial charge in [-0.2, -0.15) is 35.1 Å². The van der Waals surface area contributed by atoms with Gasteiger partial charge in [0.05, 0.1) is 11.1 Å². The molecule has 20 heteroatoms. The normalized spacial score (nSPS) is 11.3. The van der Waals surface area contributed by atoms with Gasteiger partial charge >= 0.3 is 0 Å². The lowest BCUT2D eigenvalue weighted by molar-refractivity contribution is 0.321. The second kappa shape index (κ2) is 10.8. The van der Waals surface area contributed by atoms with Crippen molar-refractivity contribution in [3.05, 3.63) is 81.4 Å². The van der Waals surface area contributed by atoms with Crippen molar-refractivity contribution in [3.8, 4) is 45.6 Å². The molecule has 6 nitrogen and oxygen atoms in total. The molecule has 0 amide bonds. The molecule has 0 saturated carbocycles. The molecule has 0 atom stereocenters. The minimum absolute atomic E-state index is 1.58. The lowest BCUT2D eigenvalue weighted by Crippen LogP contribution is -2.11. The lowest BCUT2D eigenvalue weighted by Gasteiger charge is -2.17. The fourth-order valence-electron chi connectivity index (χ4n) is 3.51. The Morgan fingerprint density at radius 1 is 0.318 bits per heavy atom. The highest BCUT2D eigenvalue weighted by Gasteiger charge is 2.38. The van der Waals surface area contributed by atoms with Crippen LogP contribution in [-0.4, -0.2) is 10.2 Å². The molecule has 0 aromatic heterocycles. The fraction of sp³-hybridized carbons (Fsp3) is 0. The van der Waals surface area contributed by atoms with Crippen molar-refractivity contribution in [2.24, 2.45) is 0 Å². The van der Waals surface area contributed by atoms with Crippen LogP contribution >= 0.6 is 0 Å². The number of nitrogen functional groups attached to an aromatic ring is 2. The molecule has 0 spiro atoms. The molecule has 0 radical (unpaired) electrons. The molecule has 234 valence electrons. The van der Waals surface area contributed by atoms with Crippen molar-refractivity contribution in [1.29, 1.82) is 0 Å². The fourth-order valence-corrected chi connectivity index (χ4v) is 3.51. The maximum atomic E-state index is 14.8. The molecule has 0 aliphatic carbocycles. The van der Waals surface area contributed by atoms with Crippen molar-refractivity contribution in [1.82, 2.24) is 0 Å². The molecule has 44 heavy (non-hydrogen) atoms. The molecule has 4 aromatic carbocycles. The maximum absolute atomic E-state index is 14.8. The first kappa shape index (κ1) is 31.6. The van der Waals surface area contributed by atoms with Crippen LogP contribution in [0.2, 0.25) is 0 Å². The van der Waals surface area contributed by atoms with Crippen molar-refractivity contribution in [3.63, 3.8) is 0 Å². The largest absolute Gasteiger partial charge is 0.503 e. The van der Waals surface area contributed by atoms with Crippen molar-refractivity contribution >= 4 is 11.4 Å². The van der Waals surface area contributed by atoms with E-state index in [4.69, 9.17) is 11.5 Å². The van der Waals surface area contributed by atoms with E-state index < -0.39 is 138 Å². The molecular weight excluding hydrogens is 646 g/mol. The minimum atomic E-state index is -2.97. The summed E-state index contributed by atoms with van der Waals surface area (Å²) < 4.78 is 210. The highest BCUT2D eigenvalue weighted by atomic mass is 19.2. The summed E-state index contributed by atoms with van der Waals surface area (Å²) in [5.41, 5.74) is 1.34. The standard InChI is InChI=1S/C24H6F14N2O4/c25-3-1(4(26)10(32)21(9(3)31)43-23-13(35)7(29)17(39)19(41)15(23)37)2-5(27)11(33)22(12(34)6(2)28)44-24-14(36)8(30)18(40)20(42)16(24)38/h41-42H,39-40H2. The van der Waals surface area contributed by atoms with Crippen LogP contribution < -0.4 is 20.9 Å². The molecule has 0 fully saturated rings. The average Bonchev–Trinajstić information content (AvgIpc) is 2.99. The second-order valence-electron chi connectivity index (χ2n) is 8.19. The summed E-state index contributed by atoms with van der Waals surface area (Å²) in [5.74, 6) is -51.0. The number of rotatable bonds is 5. The zero-order valence-corrected chi connectivity index (χ0v) is 20.2. The molecule has 0 unspecified atom stereocenters. The molecular formula is C24H6F14N2O4. The van der Waals surface area contributed by atoms with Crippen LogP contribution in [0.5, 0.6) is 34.5 Å².